The molecule has 3 nitrogen and oxygen atoms in total. The standard InChI is InChI=1S/C16H18BrNO2/c1-16(2,3)18-15(19)10-20-14-7-5-11-8-13(17)6-4-12(11)9-14/h4-9H,10H2,1-3H3,(H,18,19). The molecule has 4 heteroatoms. The van der Waals surface area contributed by atoms with Gasteiger partial charge in [-0.05, 0) is 55.8 Å². The van der Waals surface area contributed by atoms with Crippen LogP contribution in [0.2, 0.25) is 0 Å². The normalized spacial score (nSPS) is 11.4. The molecule has 0 saturated heterocycles. The summed E-state index contributed by atoms with van der Waals surface area (Å²) < 4.78 is 6.57. The molecule has 20 heavy (non-hydrogen) atoms. The van der Waals surface area contributed by atoms with E-state index in [9.17, 15) is 4.79 Å². The van der Waals surface area contributed by atoms with Crippen molar-refractivity contribution in [3.05, 3.63) is 40.9 Å². The Morgan fingerprint density at radius 3 is 2.50 bits per heavy atom. The minimum absolute atomic E-state index is 0.0271. The Morgan fingerprint density at radius 1 is 1.15 bits per heavy atom. The van der Waals surface area contributed by atoms with Crippen LogP contribution in [-0.4, -0.2) is 18.1 Å². The molecule has 0 heterocycles. The number of halogens is 1. The first-order chi connectivity index (χ1) is 9.33. The van der Waals surface area contributed by atoms with E-state index in [1.807, 2.05) is 57.2 Å². The molecule has 0 aliphatic heterocycles. The third-order valence-corrected chi connectivity index (χ3v) is 3.15. The van der Waals surface area contributed by atoms with Gasteiger partial charge in [-0.15, -0.1) is 0 Å². The van der Waals surface area contributed by atoms with E-state index >= 15 is 0 Å². The second kappa shape index (κ2) is 5.83. The maximum atomic E-state index is 11.7. The molecule has 0 radical (unpaired) electrons. The quantitative estimate of drug-likeness (QED) is 0.923. The van der Waals surface area contributed by atoms with E-state index in [1.165, 1.54) is 0 Å². The Balaban J connectivity index is 2.03. The minimum Gasteiger partial charge on any atom is -0.484 e. The van der Waals surface area contributed by atoms with Crippen LogP contribution < -0.4 is 10.1 Å². The van der Waals surface area contributed by atoms with Gasteiger partial charge in [0.2, 0.25) is 0 Å². The fourth-order valence-electron chi connectivity index (χ4n) is 1.89. The van der Waals surface area contributed by atoms with E-state index in [0.717, 1.165) is 15.2 Å². The van der Waals surface area contributed by atoms with Gasteiger partial charge in [-0.25, -0.2) is 0 Å². The molecular weight excluding hydrogens is 318 g/mol. The summed E-state index contributed by atoms with van der Waals surface area (Å²) in [4.78, 5) is 11.7. The molecule has 0 fully saturated rings. The van der Waals surface area contributed by atoms with Gasteiger partial charge in [0.15, 0.2) is 6.61 Å². The van der Waals surface area contributed by atoms with Crippen molar-refractivity contribution in [1.29, 1.82) is 0 Å². The van der Waals surface area contributed by atoms with Gasteiger partial charge < -0.3 is 10.1 Å². The Bertz CT molecular complexity index is 632. The van der Waals surface area contributed by atoms with E-state index in [2.05, 4.69) is 21.2 Å². The van der Waals surface area contributed by atoms with Gasteiger partial charge in [-0.2, -0.15) is 0 Å². The predicted molar refractivity (Wildman–Crippen MR) is 85.0 cm³/mol. The minimum atomic E-state index is -0.240. The zero-order chi connectivity index (χ0) is 14.8. The van der Waals surface area contributed by atoms with Crippen molar-refractivity contribution in [2.24, 2.45) is 0 Å². The molecule has 0 unspecified atom stereocenters. The fraction of sp³-hybridized carbons (Fsp3) is 0.312. The number of ether oxygens (including phenoxy) is 1. The molecule has 0 saturated carbocycles. The number of nitrogens with one attached hydrogen (secondary N) is 1. The second-order valence-electron chi connectivity index (χ2n) is 5.74. The van der Waals surface area contributed by atoms with Crippen molar-refractivity contribution >= 4 is 32.6 Å². The number of hydrogen-bond acceptors (Lipinski definition) is 2. The lowest BCUT2D eigenvalue weighted by Crippen LogP contribution is -2.43. The van der Waals surface area contributed by atoms with Crippen LogP contribution in [0.5, 0.6) is 5.75 Å². The summed E-state index contributed by atoms with van der Waals surface area (Å²) in [6.45, 7) is 5.86. The van der Waals surface area contributed by atoms with Gasteiger partial charge in [-0.3, -0.25) is 4.79 Å². The highest BCUT2D eigenvalue weighted by Gasteiger charge is 2.13. The van der Waals surface area contributed by atoms with Crippen molar-refractivity contribution < 1.29 is 9.53 Å². The fourth-order valence-corrected chi connectivity index (χ4v) is 2.27. The molecule has 1 amide bonds. The number of carbonyl (C=O) groups excluding carboxylic acids is 1. The molecule has 0 bridgehead atoms. The maximum Gasteiger partial charge on any atom is 0.258 e. The lowest BCUT2D eigenvalue weighted by molar-refractivity contribution is -0.124. The number of hydrogen-bond donors (Lipinski definition) is 1. The van der Waals surface area contributed by atoms with Crippen molar-refractivity contribution in [3.8, 4) is 5.75 Å². The average molecular weight is 336 g/mol. The Hall–Kier alpha value is -1.55. The van der Waals surface area contributed by atoms with Crippen molar-refractivity contribution in [3.63, 3.8) is 0 Å². The molecule has 0 atom stereocenters. The summed E-state index contributed by atoms with van der Waals surface area (Å²) in [5.41, 5.74) is -0.240. The molecule has 2 rings (SSSR count). The first kappa shape index (κ1) is 14.9. The summed E-state index contributed by atoms with van der Waals surface area (Å²) >= 11 is 3.44. The third-order valence-electron chi connectivity index (χ3n) is 2.66. The zero-order valence-electron chi connectivity index (χ0n) is 11.9. The number of carbonyl (C=O) groups is 1. The van der Waals surface area contributed by atoms with Crippen LogP contribution in [0.25, 0.3) is 10.8 Å². The lowest BCUT2D eigenvalue weighted by atomic mass is 10.1. The van der Waals surface area contributed by atoms with Crippen molar-refractivity contribution in [2.45, 2.75) is 26.3 Å². The van der Waals surface area contributed by atoms with Crippen LogP contribution >= 0.6 is 15.9 Å². The van der Waals surface area contributed by atoms with E-state index < -0.39 is 0 Å². The SMILES string of the molecule is CC(C)(C)NC(=O)COc1ccc2cc(Br)ccc2c1. The predicted octanol–water partition coefficient (Wildman–Crippen LogP) is 3.90. The number of amides is 1. The van der Waals surface area contributed by atoms with E-state index in [4.69, 9.17) is 4.74 Å². The average Bonchev–Trinajstić information content (AvgIpc) is 2.34. The van der Waals surface area contributed by atoms with Crippen molar-refractivity contribution in [1.82, 2.24) is 5.32 Å². The second-order valence-corrected chi connectivity index (χ2v) is 6.66. The lowest BCUT2D eigenvalue weighted by Gasteiger charge is -2.20. The van der Waals surface area contributed by atoms with Gasteiger partial charge in [-0.1, -0.05) is 28.1 Å². The highest BCUT2D eigenvalue weighted by atomic mass is 79.9. The number of benzene rings is 2. The summed E-state index contributed by atoms with van der Waals surface area (Å²) in [5.74, 6) is 0.581. The van der Waals surface area contributed by atoms with Crippen molar-refractivity contribution in [2.75, 3.05) is 6.61 Å². The molecule has 0 aliphatic rings. The van der Waals surface area contributed by atoms with Crippen LogP contribution in [0.3, 0.4) is 0 Å². The van der Waals surface area contributed by atoms with Crippen LogP contribution in [0.15, 0.2) is 40.9 Å². The van der Waals surface area contributed by atoms with Gasteiger partial charge in [0.25, 0.3) is 5.91 Å². The molecule has 0 aliphatic carbocycles. The summed E-state index contributed by atoms with van der Waals surface area (Å²) in [6, 6.07) is 11.8. The maximum absolute atomic E-state index is 11.7. The van der Waals surface area contributed by atoms with Gasteiger partial charge >= 0.3 is 0 Å². The molecule has 2 aromatic carbocycles. The summed E-state index contributed by atoms with van der Waals surface area (Å²) in [7, 11) is 0. The number of fused-ring (bicyclic) bond motifs is 1. The monoisotopic (exact) mass is 335 g/mol. The summed E-state index contributed by atoms with van der Waals surface area (Å²) in [5, 5.41) is 5.08. The van der Waals surface area contributed by atoms with Gasteiger partial charge in [0.1, 0.15) is 5.75 Å². The van der Waals surface area contributed by atoms with Crippen LogP contribution in [-0.2, 0) is 4.79 Å². The van der Waals surface area contributed by atoms with E-state index in [0.29, 0.717) is 5.75 Å². The Labute approximate surface area is 127 Å². The first-order valence-corrected chi connectivity index (χ1v) is 7.26. The largest absolute Gasteiger partial charge is 0.484 e. The third kappa shape index (κ3) is 4.23. The zero-order valence-corrected chi connectivity index (χ0v) is 13.5. The smallest absolute Gasteiger partial charge is 0.258 e. The van der Waals surface area contributed by atoms with E-state index in [-0.39, 0.29) is 18.1 Å². The van der Waals surface area contributed by atoms with Gasteiger partial charge in [0, 0.05) is 10.0 Å². The highest BCUT2D eigenvalue weighted by molar-refractivity contribution is 9.10. The molecule has 0 spiro atoms. The topological polar surface area (TPSA) is 38.3 Å². The van der Waals surface area contributed by atoms with Crippen LogP contribution in [0.1, 0.15) is 20.8 Å². The van der Waals surface area contributed by atoms with Crippen LogP contribution in [0.4, 0.5) is 0 Å². The molecule has 2 aromatic rings. The number of rotatable bonds is 3. The molecule has 1 N–H and O–H groups in total. The van der Waals surface area contributed by atoms with Crippen LogP contribution in [0, 0.1) is 0 Å². The van der Waals surface area contributed by atoms with E-state index in [1.54, 1.807) is 0 Å². The highest BCUT2D eigenvalue weighted by Crippen LogP contribution is 2.24. The molecule has 106 valence electrons. The molecular formula is C16H18BrNO2. The van der Waals surface area contributed by atoms with Gasteiger partial charge in [0.05, 0.1) is 0 Å². The Morgan fingerprint density at radius 2 is 1.80 bits per heavy atom. The Kier molecular flexibility index (Phi) is 4.33. The first-order valence-electron chi connectivity index (χ1n) is 6.47. The summed E-state index contributed by atoms with van der Waals surface area (Å²) in [6.07, 6.45) is 0. The molecule has 0 aromatic heterocycles.